The van der Waals surface area contributed by atoms with Gasteiger partial charge in [-0.05, 0) is 32.6 Å². The molecule has 0 rings (SSSR count). The molecular weight excluding hydrogens is 520 g/mol. The van der Waals surface area contributed by atoms with Gasteiger partial charge in [0.2, 0.25) is 11.8 Å². The van der Waals surface area contributed by atoms with Crippen LogP contribution in [0.15, 0.2) is 0 Å². The minimum Gasteiger partial charge on any atom is -0.481 e. The second-order valence-corrected chi connectivity index (χ2v) is 10.5. The van der Waals surface area contributed by atoms with E-state index in [1.165, 1.54) is 45.4 Å². The third-order valence-electron chi connectivity index (χ3n) is 6.76. The predicted molar refractivity (Wildman–Crippen MR) is 150 cm³/mol. The Kier molecular flexibility index (Phi) is 22.1. The number of amides is 2. The zero-order chi connectivity index (χ0) is 30.2. The van der Waals surface area contributed by atoms with Crippen LogP contribution in [0.3, 0.4) is 0 Å². The van der Waals surface area contributed by atoms with Gasteiger partial charge in [-0.3, -0.25) is 14.4 Å². The van der Waals surface area contributed by atoms with Crippen molar-refractivity contribution < 1.29 is 44.1 Å². The van der Waals surface area contributed by atoms with Gasteiger partial charge in [0.1, 0.15) is 17.9 Å². The molecular formula is C29H50N2O9. The number of carbonyl (C=O) groups is 6. The fourth-order valence-corrected chi connectivity index (χ4v) is 4.35. The molecule has 0 aromatic carbocycles. The van der Waals surface area contributed by atoms with Crippen LogP contribution in [0.4, 0.5) is 0 Å². The molecule has 230 valence electrons. The van der Waals surface area contributed by atoms with Crippen LogP contribution in [0.1, 0.15) is 135 Å². The Hall–Kier alpha value is -2.98. The van der Waals surface area contributed by atoms with Gasteiger partial charge >= 0.3 is 17.9 Å². The van der Waals surface area contributed by atoms with Crippen LogP contribution in [0.5, 0.6) is 0 Å². The van der Waals surface area contributed by atoms with E-state index in [0.717, 1.165) is 44.9 Å². The van der Waals surface area contributed by atoms with E-state index in [1.54, 1.807) is 0 Å². The number of carboxylic acids is 3. The standard InChI is InChI=1S/C29H50N2O9/c1-22(32)18-19-23(28(37)38)31-26(34)21-20-24(29(39)40)30-25(33)16-14-12-10-8-6-4-2-3-5-7-9-11-13-15-17-27(35)36/h23-24H,2-21H2,1H3,(H,30,33)(H,31,34)(H,35,36)(H,37,38)(H,39,40)/t23-,24-/m0/s1. The number of carbonyl (C=O) groups excluding carboxylic acids is 3. The fourth-order valence-electron chi connectivity index (χ4n) is 4.35. The van der Waals surface area contributed by atoms with Crippen molar-refractivity contribution in [2.75, 3.05) is 0 Å². The normalized spacial score (nSPS) is 12.3. The lowest BCUT2D eigenvalue weighted by Gasteiger charge is -2.16. The largest absolute Gasteiger partial charge is 0.481 e. The van der Waals surface area contributed by atoms with Crippen LogP contribution < -0.4 is 10.6 Å². The van der Waals surface area contributed by atoms with Gasteiger partial charge in [-0.15, -0.1) is 0 Å². The summed E-state index contributed by atoms with van der Waals surface area (Å²) in [7, 11) is 0. The number of aliphatic carboxylic acids is 3. The minimum atomic E-state index is -1.27. The molecule has 0 saturated carbocycles. The van der Waals surface area contributed by atoms with Crippen molar-refractivity contribution in [3.8, 4) is 0 Å². The number of hydrogen-bond acceptors (Lipinski definition) is 6. The monoisotopic (exact) mass is 570 g/mol. The van der Waals surface area contributed by atoms with E-state index in [9.17, 15) is 39.0 Å². The third-order valence-corrected chi connectivity index (χ3v) is 6.76. The Morgan fingerprint density at radius 2 is 0.800 bits per heavy atom. The van der Waals surface area contributed by atoms with E-state index in [4.69, 9.17) is 5.11 Å². The average Bonchev–Trinajstić information content (AvgIpc) is 2.87. The van der Waals surface area contributed by atoms with E-state index in [1.807, 2.05) is 0 Å². The molecule has 2 atom stereocenters. The van der Waals surface area contributed by atoms with Crippen molar-refractivity contribution in [2.45, 2.75) is 147 Å². The quantitative estimate of drug-likeness (QED) is 0.0879. The highest BCUT2D eigenvalue weighted by molar-refractivity contribution is 5.86. The van der Waals surface area contributed by atoms with E-state index < -0.39 is 35.9 Å². The van der Waals surface area contributed by atoms with Gasteiger partial charge in [0.25, 0.3) is 0 Å². The first-order chi connectivity index (χ1) is 19.0. The van der Waals surface area contributed by atoms with E-state index in [2.05, 4.69) is 10.6 Å². The number of carboxylic acid groups (broad SMARTS) is 3. The lowest BCUT2D eigenvalue weighted by atomic mass is 10.0. The molecule has 11 nitrogen and oxygen atoms in total. The van der Waals surface area contributed by atoms with Crippen LogP contribution in [0.25, 0.3) is 0 Å². The summed E-state index contributed by atoms with van der Waals surface area (Å²) < 4.78 is 0. The summed E-state index contributed by atoms with van der Waals surface area (Å²) in [5, 5.41) is 31.9. The Morgan fingerprint density at radius 1 is 0.475 bits per heavy atom. The van der Waals surface area contributed by atoms with Gasteiger partial charge < -0.3 is 30.7 Å². The van der Waals surface area contributed by atoms with Crippen molar-refractivity contribution in [1.82, 2.24) is 10.6 Å². The Morgan fingerprint density at radius 3 is 1.15 bits per heavy atom. The van der Waals surface area contributed by atoms with E-state index in [0.29, 0.717) is 6.42 Å². The van der Waals surface area contributed by atoms with Crippen LogP contribution in [-0.4, -0.2) is 62.9 Å². The summed E-state index contributed by atoms with van der Waals surface area (Å²) in [5.74, 6) is -4.49. The predicted octanol–water partition coefficient (Wildman–Crippen LogP) is 4.60. The number of rotatable bonds is 27. The lowest BCUT2D eigenvalue weighted by molar-refractivity contribution is -0.143. The Bertz CT molecular complexity index is 785. The second-order valence-electron chi connectivity index (χ2n) is 10.5. The highest BCUT2D eigenvalue weighted by atomic mass is 16.4. The molecule has 40 heavy (non-hydrogen) atoms. The topological polar surface area (TPSA) is 187 Å². The summed E-state index contributed by atoms with van der Waals surface area (Å²) in [6.45, 7) is 1.32. The fraction of sp³-hybridized carbons (Fsp3) is 0.793. The SMILES string of the molecule is CC(=O)CC[C@H](NC(=O)CC[C@H](NC(=O)CCCCCCCCCCCCCCCCC(=O)O)C(=O)O)C(=O)O. The number of ketones is 1. The van der Waals surface area contributed by atoms with E-state index >= 15 is 0 Å². The van der Waals surface area contributed by atoms with E-state index in [-0.39, 0.29) is 50.2 Å². The van der Waals surface area contributed by atoms with Gasteiger partial charge in [0.15, 0.2) is 0 Å². The molecule has 0 radical (unpaired) electrons. The summed E-state index contributed by atoms with van der Waals surface area (Å²) >= 11 is 0. The molecule has 0 aromatic rings. The highest BCUT2D eigenvalue weighted by Crippen LogP contribution is 2.14. The highest BCUT2D eigenvalue weighted by Gasteiger charge is 2.24. The van der Waals surface area contributed by atoms with Crippen LogP contribution in [0.2, 0.25) is 0 Å². The molecule has 0 saturated heterocycles. The first-order valence-corrected chi connectivity index (χ1v) is 14.8. The molecule has 0 fully saturated rings. The molecule has 0 aliphatic carbocycles. The summed E-state index contributed by atoms with van der Waals surface area (Å²) in [5.41, 5.74) is 0. The maximum Gasteiger partial charge on any atom is 0.326 e. The molecule has 0 aliphatic rings. The van der Waals surface area contributed by atoms with Crippen molar-refractivity contribution in [1.29, 1.82) is 0 Å². The van der Waals surface area contributed by atoms with Crippen LogP contribution >= 0.6 is 0 Å². The Labute approximate surface area is 237 Å². The van der Waals surface area contributed by atoms with Crippen molar-refractivity contribution in [2.24, 2.45) is 0 Å². The average molecular weight is 571 g/mol. The van der Waals surface area contributed by atoms with Crippen molar-refractivity contribution in [3.05, 3.63) is 0 Å². The van der Waals surface area contributed by atoms with Gasteiger partial charge in [0, 0.05) is 25.7 Å². The van der Waals surface area contributed by atoms with Gasteiger partial charge in [-0.1, -0.05) is 77.0 Å². The number of hydrogen-bond donors (Lipinski definition) is 5. The third kappa shape index (κ3) is 23.0. The molecule has 0 spiro atoms. The number of nitrogens with one attached hydrogen (secondary N) is 2. The smallest absolute Gasteiger partial charge is 0.326 e. The summed E-state index contributed by atoms with van der Waals surface area (Å²) in [4.78, 5) is 68.5. The molecule has 0 heterocycles. The van der Waals surface area contributed by atoms with Gasteiger partial charge in [0.05, 0.1) is 0 Å². The molecule has 0 bridgehead atoms. The van der Waals surface area contributed by atoms with Gasteiger partial charge in [-0.25, -0.2) is 9.59 Å². The zero-order valence-corrected chi connectivity index (χ0v) is 24.1. The number of unbranched alkanes of at least 4 members (excludes halogenated alkanes) is 13. The molecule has 2 amide bonds. The van der Waals surface area contributed by atoms with Crippen molar-refractivity contribution in [3.63, 3.8) is 0 Å². The first-order valence-electron chi connectivity index (χ1n) is 14.8. The minimum absolute atomic E-state index is 0.00592. The van der Waals surface area contributed by atoms with Crippen molar-refractivity contribution >= 4 is 35.5 Å². The second kappa shape index (κ2) is 23.9. The van der Waals surface area contributed by atoms with Gasteiger partial charge in [-0.2, -0.15) is 0 Å². The molecule has 0 aromatic heterocycles. The molecule has 0 aliphatic heterocycles. The van der Waals surface area contributed by atoms with Crippen LogP contribution in [-0.2, 0) is 28.8 Å². The molecule has 5 N–H and O–H groups in total. The number of Topliss-reactive ketones (excluding diaryl/α,β-unsaturated/α-hetero) is 1. The molecule has 0 unspecified atom stereocenters. The Balaban J connectivity index is 3.87. The zero-order valence-electron chi connectivity index (χ0n) is 24.1. The maximum absolute atomic E-state index is 12.2. The summed E-state index contributed by atoms with van der Waals surface area (Å²) in [6, 6.07) is -2.47. The molecule has 11 heteroatoms. The first kappa shape index (κ1) is 37.0. The van der Waals surface area contributed by atoms with Crippen LogP contribution in [0, 0.1) is 0 Å². The lowest BCUT2D eigenvalue weighted by Crippen LogP contribution is -2.44. The maximum atomic E-state index is 12.2. The summed E-state index contributed by atoms with van der Waals surface area (Å²) in [6.07, 6.45) is 14.9.